The van der Waals surface area contributed by atoms with Crippen LogP contribution in [0.4, 0.5) is 4.79 Å². The van der Waals surface area contributed by atoms with Crippen molar-refractivity contribution in [2.75, 3.05) is 13.2 Å². The second kappa shape index (κ2) is 8.71. The van der Waals surface area contributed by atoms with Crippen molar-refractivity contribution in [3.05, 3.63) is 46.8 Å². The van der Waals surface area contributed by atoms with Crippen molar-refractivity contribution in [1.82, 2.24) is 20.4 Å². The minimum absolute atomic E-state index is 0.191. The number of aliphatic hydroxyl groups excluding tert-OH is 1. The van der Waals surface area contributed by atoms with Crippen molar-refractivity contribution in [3.8, 4) is 5.75 Å². The first-order valence-electron chi connectivity index (χ1n) is 8.78. The highest BCUT2D eigenvalue weighted by Crippen LogP contribution is 2.21. The van der Waals surface area contributed by atoms with Crippen LogP contribution in [0.15, 0.2) is 24.3 Å². The first kappa shape index (κ1) is 19.8. The number of aryl methyl sites for hydroxylation is 2. The molecule has 142 valence electrons. The van der Waals surface area contributed by atoms with Gasteiger partial charge in [0.15, 0.2) is 0 Å². The summed E-state index contributed by atoms with van der Waals surface area (Å²) in [6.07, 6.45) is 0. The third-order valence-corrected chi connectivity index (χ3v) is 4.43. The quantitative estimate of drug-likeness (QED) is 0.708. The van der Waals surface area contributed by atoms with E-state index in [4.69, 9.17) is 4.74 Å². The zero-order valence-electron chi connectivity index (χ0n) is 16.0. The molecule has 2 aromatic rings. The average molecular weight is 360 g/mol. The molecule has 2 atom stereocenters. The molecule has 2 rings (SSSR count). The van der Waals surface area contributed by atoms with Gasteiger partial charge in [0.1, 0.15) is 5.75 Å². The molecule has 0 aliphatic carbocycles. The molecular formula is C19H28N4O3. The SMILES string of the molecule is CCOc1ccc(C(CO)NC(=O)NC(C)c2c(C)nn(C)c2C)cc1. The van der Waals surface area contributed by atoms with Crippen LogP contribution in [-0.2, 0) is 7.05 Å². The van der Waals surface area contributed by atoms with Gasteiger partial charge in [0.2, 0.25) is 0 Å². The zero-order chi connectivity index (χ0) is 19.3. The van der Waals surface area contributed by atoms with Crippen LogP contribution >= 0.6 is 0 Å². The first-order valence-corrected chi connectivity index (χ1v) is 8.78. The number of aliphatic hydroxyl groups is 1. The van der Waals surface area contributed by atoms with E-state index in [0.717, 1.165) is 28.3 Å². The van der Waals surface area contributed by atoms with Crippen LogP contribution in [0.1, 0.15) is 48.4 Å². The third-order valence-electron chi connectivity index (χ3n) is 4.43. The monoisotopic (exact) mass is 360 g/mol. The van der Waals surface area contributed by atoms with Crippen LogP contribution in [0.5, 0.6) is 5.75 Å². The molecule has 0 spiro atoms. The summed E-state index contributed by atoms with van der Waals surface area (Å²) >= 11 is 0. The predicted octanol–water partition coefficient (Wildman–Crippen LogP) is 2.53. The fraction of sp³-hybridized carbons (Fsp3) is 0.474. The fourth-order valence-corrected chi connectivity index (χ4v) is 3.08. The van der Waals surface area contributed by atoms with E-state index in [1.54, 1.807) is 4.68 Å². The lowest BCUT2D eigenvalue weighted by Gasteiger charge is -2.20. The van der Waals surface area contributed by atoms with Crippen LogP contribution in [-0.4, -0.2) is 34.1 Å². The van der Waals surface area contributed by atoms with Gasteiger partial charge >= 0.3 is 6.03 Å². The van der Waals surface area contributed by atoms with Crippen LogP contribution < -0.4 is 15.4 Å². The van der Waals surface area contributed by atoms with Crippen molar-refractivity contribution >= 4 is 6.03 Å². The third kappa shape index (κ3) is 4.54. The molecule has 1 heterocycles. The van der Waals surface area contributed by atoms with Gasteiger partial charge in [-0.3, -0.25) is 4.68 Å². The van der Waals surface area contributed by atoms with E-state index in [9.17, 15) is 9.90 Å². The predicted molar refractivity (Wildman–Crippen MR) is 100 cm³/mol. The molecule has 1 aromatic heterocycles. The van der Waals surface area contributed by atoms with Crippen LogP contribution in [0.25, 0.3) is 0 Å². The lowest BCUT2D eigenvalue weighted by Crippen LogP contribution is -2.40. The van der Waals surface area contributed by atoms with Gasteiger partial charge in [-0.15, -0.1) is 0 Å². The lowest BCUT2D eigenvalue weighted by molar-refractivity contribution is 0.214. The lowest BCUT2D eigenvalue weighted by atomic mass is 10.1. The number of rotatable bonds is 7. The molecule has 2 unspecified atom stereocenters. The van der Waals surface area contributed by atoms with Gasteiger partial charge in [0, 0.05) is 18.3 Å². The number of aromatic nitrogens is 2. The molecule has 26 heavy (non-hydrogen) atoms. The summed E-state index contributed by atoms with van der Waals surface area (Å²) in [5.74, 6) is 0.758. The summed E-state index contributed by atoms with van der Waals surface area (Å²) in [5, 5.41) is 19.8. The highest BCUT2D eigenvalue weighted by atomic mass is 16.5. The Balaban J connectivity index is 2.02. The van der Waals surface area contributed by atoms with Gasteiger partial charge in [-0.25, -0.2) is 4.79 Å². The molecule has 0 aliphatic heterocycles. The maximum absolute atomic E-state index is 12.4. The number of hydrogen-bond acceptors (Lipinski definition) is 4. The Morgan fingerprint density at radius 3 is 2.42 bits per heavy atom. The van der Waals surface area contributed by atoms with E-state index < -0.39 is 6.04 Å². The zero-order valence-corrected chi connectivity index (χ0v) is 16.0. The topological polar surface area (TPSA) is 88.4 Å². The number of urea groups is 1. The Bertz CT molecular complexity index is 740. The van der Waals surface area contributed by atoms with Gasteiger partial charge in [-0.05, 0) is 45.4 Å². The molecule has 3 N–H and O–H groups in total. The molecule has 1 aromatic carbocycles. The molecule has 2 amide bonds. The molecule has 0 saturated carbocycles. The van der Waals surface area contributed by atoms with Crippen LogP contribution in [0.3, 0.4) is 0 Å². The molecule has 7 heteroatoms. The molecule has 0 saturated heterocycles. The Hall–Kier alpha value is -2.54. The van der Waals surface area contributed by atoms with Crippen LogP contribution in [0.2, 0.25) is 0 Å². The Morgan fingerprint density at radius 2 is 1.92 bits per heavy atom. The minimum Gasteiger partial charge on any atom is -0.494 e. The highest BCUT2D eigenvalue weighted by molar-refractivity contribution is 5.75. The summed E-state index contributed by atoms with van der Waals surface area (Å²) in [5.41, 5.74) is 3.72. The highest BCUT2D eigenvalue weighted by Gasteiger charge is 2.20. The largest absolute Gasteiger partial charge is 0.494 e. The number of benzene rings is 1. The van der Waals surface area contributed by atoms with Crippen molar-refractivity contribution in [3.63, 3.8) is 0 Å². The number of carbonyl (C=O) groups excluding carboxylic acids is 1. The second-order valence-electron chi connectivity index (χ2n) is 6.28. The van der Waals surface area contributed by atoms with Crippen molar-refractivity contribution in [1.29, 1.82) is 0 Å². The summed E-state index contributed by atoms with van der Waals surface area (Å²) in [7, 11) is 1.88. The number of carbonyl (C=O) groups is 1. The smallest absolute Gasteiger partial charge is 0.315 e. The summed E-state index contributed by atoms with van der Waals surface area (Å²) in [6.45, 7) is 8.14. The second-order valence-corrected chi connectivity index (χ2v) is 6.28. The molecule has 0 bridgehead atoms. The van der Waals surface area contributed by atoms with Gasteiger partial charge < -0.3 is 20.5 Å². The molecule has 0 radical (unpaired) electrons. The van der Waals surface area contributed by atoms with Crippen molar-refractivity contribution < 1.29 is 14.6 Å². The minimum atomic E-state index is -0.492. The van der Waals surface area contributed by atoms with E-state index in [1.165, 1.54) is 0 Å². The summed E-state index contributed by atoms with van der Waals surface area (Å²) < 4.78 is 7.21. The normalized spacial score (nSPS) is 13.2. The van der Waals surface area contributed by atoms with Crippen molar-refractivity contribution in [2.24, 2.45) is 7.05 Å². The maximum atomic E-state index is 12.4. The van der Waals surface area contributed by atoms with E-state index in [-0.39, 0.29) is 18.7 Å². The summed E-state index contributed by atoms with van der Waals surface area (Å²) in [4.78, 5) is 12.4. The first-order chi connectivity index (χ1) is 12.4. The van der Waals surface area contributed by atoms with E-state index in [0.29, 0.717) is 6.61 Å². The molecule has 7 nitrogen and oxygen atoms in total. The van der Waals surface area contributed by atoms with E-state index in [2.05, 4.69) is 15.7 Å². The maximum Gasteiger partial charge on any atom is 0.315 e. The number of ether oxygens (including phenoxy) is 1. The number of nitrogens with zero attached hydrogens (tertiary/aromatic N) is 2. The van der Waals surface area contributed by atoms with Gasteiger partial charge in [-0.1, -0.05) is 12.1 Å². The van der Waals surface area contributed by atoms with E-state index in [1.807, 2.05) is 59.0 Å². The van der Waals surface area contributed by atoms with Gasteiger partial charge in [-0.2, -0.15) is 5.10 Å². The van der Waals surface area contributed by atoms with E-state index >= 15 is 0 Å². The molecule has 0 aliphatic rings. The number of hydrogen-bond donors (Lipinski definition) is 3. The Kier molecular flexibility index (Phi) is 6.63. The Labute approximate surface area is 154 Å². The number of amides is 2. The van der Waals surface area contributed by atoms with Crippen LogP contribution in [0, 0.1) is 13.8 Å². The Morgan fingerprint density at radius 1 is 1.27 bits per heavy atom. The van der Waals surface area contributed by atoms with Gasteiger partial charge in [0.05, 0.1) is 31.0 Å². The number of nitrogens with one attached hydrogen (secondary N) is 2. The summed E-state index contributed by atoms with van der Waals surface area (Å²) in [6, 6.07) is 6.30. The van der Waals surface area contributed by atoms with Crippen molar-refractivity contribution in [2.45, 2.75) is 39.8 Å². The standard InChI is InChI=1S/C19H28N4O3/c1-6-26-16-9-7-15(8-10-16)17(11-24)21-19(25)20-12(2)18-13(3)22-23(5)14(18)4/h7-10,12,17,24H,6,11H2,1-5H3,(H2,20,21,25). The fourth-order valence-electron chi connectivity index (χ4n) is 3.08. The van der Waals surface area contributed by atoms with Gasteiger partial charge in [0.25, 0.3) is 0 Å². The molecule has 0 fully saturated rings. The molecular weight excluding hydrogens is 332 g/mol. The average Bonchev–Trinajstić information content (AvgIpc) is 2.86.